The van der Waals surface area contributed by atoms with Gasteiger partial charge in [-0.1, -0.05) is 50.2 Å². The summed E-state index contributed by atoms with van der Waals surface area (Å²) in [5.74, 6) is -1.29. The molecule has 3 rings (SSSR count). The van der Waals surface area contributed by atoms with Crippen molar-refractivity contribution >= 4 is 33.4 Å². The smallest absolute Gasteiger partial charge is 0.408 e. The summed E-state index contributed by atoms with van der Waals surface area (Å²) in [6.45, 7) is 3.61. The lowest BCUT2D eigenvalue weighted by atomic mass is 10.0. The van der Waals surface area contributed by atoms with Crippen LogP contribution in [0.5, 0.6) is 0 Å². The summed E-state index contributed by atoms with van der Waals surface area (Å²) >= 11 is 0. The lowest BCUT2D eigenvalue weighted by Crippen LogP contribution is -2.47. The van der Waals surface area contributed by atoms with Gasteiger partial charge in [-0.05, 0) is 53.9 Å². The number of anilines is 2. The van der Waals surface area contributed by atoms with Gasteiger partial charge in [0.05, 0.1) is 10.6 Å². The average Bonchev–Trinajstić information content (AvgIpc) is 2.81. The molecule has 0 unspecified atom stereocenters. The van der Waals surface area contributed by atoms with E-state index < -0.39 is 33.9 Å². The van der Waals surface area contributed by atoms with Gasteiger partial charge in [-0.15, -0.1) is 0 Å². The Labute approximate surface area is 203 Å². The van der Waals surface area contributed by atoms with Crippen LogP contribution in [0, 0.1) is 11.7 Å². The molecule has 3 aromatic rings. The number of amides is 2. The minimum absolute atomic E-state index is 0.0669. The fourth-order valence-electron chi connectivity index (χ4n) is 3.13. The molecule has 0 bridgehead atoms. The zero-order valence-electron chi connectivity index (χ0n) is 19.2. The van der Waals surface area contributed by atoms with E-state index in [1.54, 1.807) is 13.8 Å². The number of benzene rings is 3. The standard InChI is InChI=1S/C25H26FN3O5S/c1-17(2)23(28-25(31)34-16-18-7-4-3-5-8-18)24(30)27-20-11-13-22(14-12-20)35(32,33)29-21-10-6-9-19(26)15-21/h3-15,17,23,29H,16H2,1-2H3,(H,27,30)(H,28,31)/t23-/m0/s1. The first-order chi connectivity index (χ1) is 16.6. The molecule has 184 valence electrons. The van der Waals surface area contributed by atoms with Gasteiger partial charge in [-0.25, -0.2) is 17.6 Å². The molecule has 1 atom stereocenters. The summed E-state index contributed by atoms with van der Waals surface area (Å²) in [5.41, 5.74) is 1.24. The zero-order valence-corrected chi connectivity index (χ0v) is 20.0. The van der Waals surface area contributed by atoms with Crippen molar-refractivity contribution in [1.29, 1.82) is 0 Å². The highest BCUT2D eigenvalue weighted by Gasteiger charge is 2.25. The van der Waals surface area contributed by atoms with E-state index in [4.69, 9.17) is 4.74 Å². The summed E-state index contributed by atoms with van der Waals surface area (Å²) in [5, 5.41) is 5.23. The Hall–Kier alpha value is -3.92. The van der Waals surface area contributed by atoms with E-state index in [-0.39, 0.29) is 23.1 Å². The fourth-order valence-corrected chi connectivity index (χ4v) is 4.18. The molecule has 0 saturated heterocycles. The van der Waals surface area contributed by atoms with Crippen LogP contribution in [0.1, 0.15) is 19.4 Å². The minimum atomic E-state index is -3.95. The predicted molar refractivity (Wildman–Crippen MR) is 131 cm³/mol. The molecule has 3 aromatic carbocycles. The topological polar surface area (TPSA) is 114 Å². The van der Waals surface area contributed by atoms with Crippen molar-refractivity contribution in [2.24, 2.45) is 5.92 Å². The van der Waals surface area contributed by atoms with E-state index in [0.717, 1.165) is 11.6 Å². The summed E-state index contributed by atoms with van der Waals surface area (Å²) in [7, 11) is -3.95. The molecule has 0 aliphatic carbocycles. The fraction of sp³-hybridized carbons (Fsp3) is 0.200. The summed E-state index contributed by atoms with van der Waals surface area (Å²) < 4.78 is 45.9. The molecule has 0 aliphatic heterocycles. The number of hydrogen-bond donors (Lipinski definition) is 3. The van der Waals surface area contributed by atoms with Crippen LogP contribution in [0.3, 0.4) is 0 Å². The number of ether oxygens (including phenoxy) is 1. The zero-order chi connectivity index (χ0) is 25.4. The van der Waals surface area contributed by atoms with Gasteiger partial charge in [0.2, 0.25) is 5.91 Å². The van der Waals surface area contributed by atoms with E-state index in [2.05, 4.69) is 15.4 Å². The molecular weight excluding hydrogens is 473 g/mol. The van der Waals surface area contributed by atoms with E-state index >= 15 is 0 Å². The van der Waals surface area contributed by atoms with Gasteiger partial charge in [-0.3, -0.25) is 9.52 Å². The van der Waals surface area contributed by atoms with Crippen molar-refractivity contribution < 1.29 is 27.1 Å². The molecular formula is C25H26FN3O5S. The van der Waals surface area contributed by atoms with Crippen LogP contribution in [0.15, 0.2) is 83.8 Å². The maximum Gasteiger partial charge on any atom is 0.408 e. The summed E-state index contributed by atoms with van der Waals surface area (Å²) in [4.78, 5) is 24.9. The second-order valence-electron chi connectivity index (χ2n) is 8.06. The Kier molecular flexibility index (Phi) is 8.43. The van der Waals surface area contributed by atoms with Crippen LogP contribution in [0.4, 0.5) is 20.6 Å². The van der Waals surface area contributed by atoms with Crippen LogP contribution in [0.25, 0.3) is 0 Å². The third-order valence-corrected chi connectivity index (χ3v) is 6.34. The van der Waals surface area contributed by atoms with Crippen molar-refractivity contribution in [3.05, 3.63) is 90.2 Å². The highest BCUT2D eigenvalue weighted by atomic mass is 32.2. The summed E-state index contributed by atoms with van der Waals surface area (Å²) in [6, 6.07) is 18.8. The molecule has 0 saturated carbocycles. The third kappa shape index (κ3) is 7.54. The highest BCUT2D eigenvalue weighted by molar-refractivity contribution is 7.92. The van der Waals surface area contributed by atoms with Gasteiger partial charge >= 0.3 is 6.09 Å². The SMILES string of the molecule is CC(C)[C@H](NC(=O)OCc1ccccc1)C(=O)Nc1ccc(S(=O)(=O)Nc2cccc(F)c2)cc1. The van der Waals surface area contributed by atoms with Crippen molar-refractivity contribution in [3.8, 4) is 0 Å². The van der Waals surface area contributed by atoms with Crippen LogP contribution < -0.4 is 15.4 Å². The molecule has 0 fully saturated rings. The number of rotatable bonds is 9. The van der Waals surface area contributed by atoms with Crippen LogP contribution in [-0.2, 0) is 26.2 Å². The Morgan fingerprint density at radius 1 is 0.914 bits per heavy atom. The number of nitrogens with one attached hydrogen (secondary N) is 3. The number of alkyl carbamates (subject to hydrolysis) is 1. The highest BCUT2D eigenvalue weighted by Crippen LogP contribution is 2.19. The monoisotopic (exact) mass is 499 g/mol. The lowest BCUT2D eigenvalue weighted by molar-refractivity contribution is -0.119. The van der Waals surface area contributed by atoms with Gasteiger partial charge in [0.25, 0.3) is 10.0 Å². The number of halogens is 1. The molecule has 0 heterocycles. The molecule has 2 amide bonds. The van der Waals surface area contributed by atoms with Gasteiger partial charge in [0.15, 0.2) is 0 Å². The molecule has 0 aromatic heterocycles. The van der Waals surface area contributed by atoms with E-state index in [0.29, 0.717) is 5.69 Å². The number of sulfonamides is 1. The molecule has 3 N–H and O–H groups in total. The number of hydrogen-bond acceptors (Lipinski definition) is 5. The van der Waals surface area contributed by atoms with Gasteiger partial charge in [-0.2, -0.15) is 0 Å². The Balaban J connectivity index is 1.60. The van der Waals surface area contributed by atoms with E-state index in [9.17, 15) is 22.4 Å². The van der Waals surface area contributed by atoms with Crippen molar-refractivity contribution in [3.63, 3.8) is 0 Å². The van der Waals surface area contributed by atoms with Crippen molar-refractivity contribution in [2.45, 2.75) is 31.4 Å². The normalized spacial score (nSPS) is 12.0. The third-order valence-electron chi connectivity index (χ3n) is 4.94. The van der Waals surface area contributed by atoms with Crippen molar-refractivity contribution in [2.75, 3.05) is 10.0 Å². The van der Waals surface area contributed by atoms with E-state index in [1.807, 2.05) is 30.3 Å². The van der Waals surface area contributed by atoms with Crippen LogP contribution >= 0.6 is 0 Å². The first kappa shape index (κ1) is 25.7. The Bertz CT molecular complexity index is 1270. The maximum absolute atomic E-state index is 13.3. The van der Waals surface area contributed by atoms with Gasteiger partial charge in [0.1, 0.15) is 18.5 Å². The first-order valence-corrected chi connectivity index (χ1v) is 12.3. The molecule has 35 heavy (non-hydrogen) atoms. The minimum Gasteiger partial charge on any atom is -0.445 e. The second kappa shape index (κ2) is 11.5. The van der Waals surface area contributed by atoms with E-state index in [1.165, 1.54) is 42.5 Å². The van der Waals surface area contributed by atoms with Gasteiger partial charge < -0.3 is 15.4 Å². The largest absolute Gasteiger partial charge is 0.445 e. The molecule has 10 heteroatoms. The predicted octanol–water partition coefficient (Wildman–Crippen LogP) is 4.52. The quantitative estimate of drug-likeness (QED) is 0.401. The Morgan fingerprint density at radius 3 is 2.23 bits per heavy atom. The number of carbonyl (C=O) groups is 2. The molecule has 0 aliphatic rings. The van der Waals surface area contributed by atoms with Crippen LogP contribution in [-0.4, -0.2) is 26.5 Å². The molecule has 8 nitrogen and oxygen atoms in total. The summed E-state index contributed by atoms with van der Waals surface area (Å²) in [6.07, 6.45) is -0.729. The second-order valence-corrected chi connectivity index (χ2v) is 9.74. The lowest BCUT2D eigenvalue weighted by Gasteiger charge is -2.21. The number of carbonyl (C=O) groups excluding carboxylic acids is 2. The van der Waals surface area contributed by atoms with Gasteiger partial charge in [0, 0.05) is 5.69 Å². The molecule has 0 radical (unpaired) electrons. The Morgan fingerprint density at radius 2 is 1.60 bits per heavy atom. The maximum atomic E-state index is 13.3. The van der Waals surface area contributed by atoms with Crippen molar-refractivity contribution in [1.82, 2.24) is 5.32 Å². The van der Waals surface area contributed by atoms with Crippen LogP contribution in [0.2, 0.25) is 0 Å². The average molecular weight is 500 g/mol. The molecule has 0 spiro atoms. The first-order valence-electron chi connectivity index (χ1n) is 10.8.